The van der Waals surface area contributed by atoms with Crippen LogP contribution in [0, 0.1) is 0 Å². The number of aliphatic hydroxyl groups excluding tert-OH is 1. The lowest BCUT2D eigenvalue weighted by Crippen LogP contribution is -2.14. The second kappa shape index (κ2) is 6.55. The fourth-order valence-electron chi connectivity index (χ4n) is 1.87. The zero-order valence-corrected chi connectivity index (χ0v) is 10.8. The summed E-state index contributed by atoms with van der Waals surface area (Å²) in [4.78, 5) is 0. The third-order valence-corrected chi connectivity index (χ3v) is 3.06. The largest absolute Gasteiger partial charge is 0.392 e. The van der Waals surface area contributed by atoms with Crippen LogP contribution in [-0.2, 0) is 19.7 Å². The highest BCUT2D eigenvalue weighted by molar-refractivity contribution is 6.30. The number of aliphatic hydroxyl groups is 1. The third kappa shape index (κ3) is 3.57. The fraction of sp³-hybridized carbons (Fsp3) is 0.200. The van der Waals surface area contributed by atoms with E-state index in [0.29, 0.717) is 0 Å². The molecule has 0 amide bonds. The van der Waals surface area contributed by atoms with Gasteiger partial charge in [0.25, 0.3) is 0 Å². The molecule has 2 rings (SSSR count). The minimum atomic E-state index is 0.0784. The summed E-state index contributed by atoms with van der Waals surface area (Å²) in [5.41, 5.74) is 3.25. The predicted octanol–water partition coefficient (Wildman–Crippen LogP) is 3.12. The van der Waals surface area contributed by atoms with Crippen molar-refractivity contribution in [3.63, 3.8) is 0 Å². The molecular weight excluding hydrogens is 246 g/mol. The van der Waals surface area contributed by atoms with Crippen LogP contribution < -0.4 is 5.32 Å². The summed E-state index contributed by atoms with van der Waals surface area (Å²) in [6.07, 6.45) is 0. The summed E-state index contributed by atoms with van der Waals surface area (Å²) in [5.74, 6) is 0. The van der Waals surface area contributed by atoms with Gasteiger partial charge in [0.2, 0.25) is 0 Å². The first-order valence-corrected chi connectivity index (χ1v) is 6.30. The second-order valence-electron chi connectivity index (χ2n) is 4.16. The quantitative estimate of drug-likeness (QED) is 0.867. The molecule has 0 saturated carbocycles. The van der Waals surface area contributed by atoms with E-state index in [1.165, 1.54) is 0 Å². The Morgan fingerprint density at radius 2 is 1.72 bits per heavy atom. The number of nitrogens with one attached hydrogen (secondary N) is 1. The molecule has 0 unspecified atom stereocenters. The summed E-state index contributed by atoms with van der Waals surface area (Å²) in [6.45, 7) is 1.58. The lowest BCUT2D eigenvalue weighted by Gasteiger charge is -2.09. The molecule has 0 aliphatic rings. The van der Waals surface area contributed by atoms with E-state index in [9.17, 15) is 5.11 Å². The Balaban J connectivity index is 1.92. The average molecular weight is 262 g/mol. The van der Waals surface area contributed by atoms with Crippen LogP contribution >= 0.6 is 11.6 Å². The van der Waals surface area contributed by atoms with Gasteiger partial charge in [-0.2, -0.15) is 0 Å². The number of hydrogen-bond donors (Lipinski definition) is 2. The van der Waals surface area contributed by atoms with Gasteiger partial charge in [-0.05, 0) is 28.8 Å². The van der Waals surface area contributed by atoms with Crippen molar-refractivity contribution >= 4 is 11.6 Å². The molecule has 0 radical (unpaired) electrons. The molecule has 0 heterocycles. The monoisotopic (exact) mass is 261 g/mol. The Kier molecular flexibility index (Phi) is 4.76. The van der Waals surface area contributed by atoms with Crippen LogP contribution in [0.1, 0.15) is 16.7 Å². The van der Waals surface area contributed by atoms with Crippen molar-refractivity contribution in [2.24, 2.45) is 0 Å². The lowest BCUT2D eigenvalue weighted by atomic mass is 10.1. The molecule has 2 N–H and O–H groups in total. The van der Waals surface area contributed by atoms with Crippen LogP contribution in [0.15, 0.2) is 48.5 Å². The van der Waals surface area contributed by atoms with Crippen molar-refractivity contribution in [1.82, 2.24) is 5.32 Å². The first-order valence-electron chi connectivity index (χ1n) is 5.92. The van der Waals surface area contributed by atoms with Crippen LogP contribution in [0.3, 0.4) is 0 Å². The van der Waals surface area contributed by atoms with Crippen molar-refractivity contribution in [3.05, 3.63) is 70.2 Å². The minimum Gasteiger partial charge on any atom is -0.392 e. The zero-order valence-electron chi connectivity index (χ0n) is 10.1. The van der Waals surface area contributed by atoms with Gasteiger partial charge in [-0.1, -0.05) is 48.0 Å². The fourth-order valence-corrected chi connectivity index (χ4v) is 2.09. The second-order valence-corrected chi connectivity index (χ2v) is 4.60. The van der Waals surface area contributed by atoms with Gasteiger partial charge in [-0.15, -0.1) is 0 Å². The van der Waals surface area contributed by atoms with E-state index in [2.05, 4.69) is 5.32 Å². The van der Waals surface area contributed by atoms with Crippen molar-refractivity contribution < 1.29 is 5.11 Å². The highest BCUT2D eigenvalue weighted by Crippen LogP contribution is 2.11. The normalized spacial score (nSPS) is 10.6. The molecule has 0 fully saturated rings. The molecule has 2 aromatic carbocycles. The maximum absolute atomic E-state index is 9.23. The van der Waals surface area contributed by atoms with E-state index in [-0.39, 0.29) is 6.61 Å². The molecule has 0 aromatic heterocycles. The van der Waals surface area contributed by atoms with Crippen LogP contribution in [-0.4, -0.2) is 5.11 Å². The summed E-state index contributed by atoms with van der Waals surface area (Å²) in [5, 5.41) is 13.3. The highest BCUT2D eigenvalue weighted by atomic mass is 35.5. The Bertz CT molecular complexity index is 513. The van der Waals surface area contributed by atoms with E-state index in [0.717, 1.165) is 34.8 Å². The van der Waals surface area contributed by atoms with Crippen LogP contribution in [0.4, 0.5) is 0 Å². The molecular formula is C15H16ClNO. The predicted molar refractivity (Wildman–Crippen MR) is 74.4 cm³/mol. The van der Waals surface area contributed by atoms with Crippen molar-refractivity contribution in [1.29, 1.82) is 0 Å². The Hall–Kier alpha value is -1.35. The average Bonchev–Trinajstić information content (AvgIpc) is 2.39. The molecule has 0 saturated heterocycles. The Morgan fingerprint density at radius 3 is 2.44 bits per heavy atom. The first kappa shape index (κ1) is 13.1. The van der Waals surface area contributed by atoms with Crippen molar-refractivity contribution in [3.8, 4) is 0 Å². The van der Waals surface area contributed by atoms with E-state index < -0.39 is 0 Å². The van der Waals surface area contributed by atoms with Gasteiger partial charge < -0.3 is 10.4 Å². The van der Waals surface area contributed by atoms with Crippen molar-refractivity contribution in [2.45, 2.75) is 19.7 Å². The molecule has 2 nitrogen and oxygen atoms in total. The van der Waals surface area contributed by atoms with Crippen LogP contribution in [0.2, 0.25) is 5.02 Å². The number of halogens is 1. The lowest BCUT2D eigenvalue weighted by molar-refractivity contribution is 0.280. The SMILES string of the molecule is OCc1ccccc1CNCc1cccc(Cl)c1. The van der Waals surface area contributed by atoms with Crippen LogP contribution in [0.25, 0.3) is 0 Å². The Morgan fingerprint density at radius 1 is 0.944 bits per heavy atom. The summed E-state index contributed by atoms with van der Waals surface area (Å²) in [6, 6.07) is 15.7. The summed E-state index contributed by atoms with van der Waals surface area (Å²) < 4.78 is 0. The maximum atomic E-state index is 9.23. The number of rotatable bonds is 5. The van der Waals surface area contributed by atoms with Crippen molar-refractivity contribution in [2.75, 3.05) is 0 Å². The van der Waals surface area contributed by atoms with Gasteiger partial charge in [0.1, 0.15) is 0 Å². The molecule has 3 heteroatoms. The van der Waals surface area contributed by atoms with Gasteiger partial charge in [0.05, 0.1) is 6.61 Å². The zero-order chi connectivity index (χ0) is 12.8. The van der Waals surface area contributed by atoms with Gasteiger partial charge in [-0.25, -0.2) is 0 Å². The molecule has 18 heavy (non-hydrogen) atoms. The standard InChI is InChI=1S/C15H16ClNO/c16-15-7-3-4-12(8-15)9-17-10-13-5-1-2-6-14(13)11-18/h1-8,17-18H,9-11H2. The molecule has 94 valence electrons. The van der Waals surface area contributed by atoms with Gasteiger partial charge in [-0.3, -0.25) is 0 Å². The third-order valence-electron chi connectivity index (χ3n) is 2.82. The summed E-state index contributed by atoms with van der Waals surface area (Å²) >= 11 is 5.93. The van der Waals surface area contributed by atoms with E-state index >= 15 is 0 Å². The van der Waals surface area contributed by atoms with E-state index in [1.807, 2.05) is 48.5 Å². The minimum absolute atomic E-state index is 0.0784. The summed E-state index contributed by atoms with van der Waals surface area (Å²) in [7, 11) is 0. The maximum Gasteiger partial charge on any atom is 0.0685 e. The molecule has 0 spiro atoms. The van der Waals surface area contributed by atoms with Crippen LogP contribution in [0.5, 0.6) is 0 Å². The topological polar surface area (TPSA) is 32.3 Å². The molecule has 0 bridgehead atoms. The highest BCUT2D eigenvalue weighted by Gasteiger charge is 2.00. The molecule has 0 atom stereocenters. The van der Waals surface area contributed by atoms with Gasteiger partial charge >= 0.3 is 0 Å². The Labute approximate surface area is 112 Å². The number of hydrogen-bond acceptors (Lipinski definition) is 2. The molecule has 0 aliphatic heterocycles. The van der Waals surface area contributed by atoms with Gasteiger partial charge in [0, 0.05) is 18.1 Å². The van der Waals surface area contributed by atoms with Gasteiger partial charge in [0.15, 0.2) is 0 Å². The van der Waals surface area contributed by atoms with E-state index in [1.54, 1.807) is 0 Å². The molecule has 0 aliphatic carbocycles. The first-order chi connectivity index (χ1) is 8.79. The van der Waals surface area contributed by atoms with E-state index in [4.69, 9.17) is 11.6 Å². The smallest absolute Gasteiger partial charge is 0.0685 e. The number of benzene rings is 2. The molecule has 2 aromatic rings.